The van der Waals surface area contributed by atoms with Crippen LogP contribution in [0.5, 0.6) is 0 Å². The predicted octanol–water partition coefficient (Wildman–Crippen LogP) is 2.96. The summed E-state index contributed by atoms with van der Waals surface area (Å²) in [5, 5.41) is 5.67. The standard InChI is InChI=1S/C14H24N2S/c1-13-5-2-8-16(12-13)9-4-7-15-11-14-6-3-10-17-14/h3,6,10,13,15H,2,4-5,7-9,11-12H2,1H3/t13-/m0/s1. The summed E-state index contributed by atoms with van der Waals surface area (Å²) < 4.78 is 0. The smallest absolute Gasteiger partial charge is 0.0299 e. The average Bonchev–Trinajstić information content (AvgIpc) is 2.82. The van der Waals surface area contributed by atoms with Gasteiger partial charge in [-0.15, -0.1) is 11.3 Å². The highest BCUT2D eigenvalue weighted by molar-refractivity contribution is 7.09. The molecule has 0 aliphatic carbocycles. The molecule has 1 aromatic heterocycles. The fourth-order valence-corrected chi connectivity index (χ4v) is 3.22. The Morgan fingerprint density at radius 2 is 2.47 bits per heavy atom. The molecule has 96 valence electrons. The van der Waals surface area contributed by atoms with Gasteiger partial charge in [0, 0.05) is 18.0 Å². The Morgan fingerprint density at radius 1 is 1.53 bits per heavy atom. The van der Waals surface area contributed by atoms with Gasteiger partial charge in [-0.05, 0) is 56.3 Å². The molecule has 0 spiro atoms. The summed E-state index contributed by atoms with van der Waals surface area (Å²) in [6.07, 6.45) is 4.09. The van der Waals surface area contributed by atoms with Gasteiger partial charge >= 0.3 is 0 Å². The van der Waals surface area contributed by atoms with Crippen molar-refractivity contribution in [2.45, 2.75) is 32.7 Å². The van der Waals surface area contributed by atoms with Gasteiger partial charge < -0.3 is 10.2 Å². The van der Waals surface area contributed by atoms with E-state index in [1.807, 2.05) is 11.3 Å². The first kappa shape index (κ1) is 13.1. The lowest BCUT2D eigenvalue weighted by molar-refractivity contribution is 0.182. The van der Waals surface area contributed by atoms with E-state index in [4.69, 9.17) is 0 Å². The average molecular weight is 252 g/mol. The van der Waals surface area contributed by atoms with E-state index in [1.54, 1.807) is 0 Å². The Bertz CT molecular complexity index is 297. The summed E-state index contributed by atoms with van der Waals surface area (Å²) in [4.78, 5) is 4.07. The number of rotatable bonds is 6. The molecule has 0 saturated carbocycles. The van der Waals surface area contributed by atoms with Crippen molar-refractivity contribution in [3.63, 3.8) is 0 Å². The van der Waals surface area contributed by atoms with Gasteiger partial charge in [-0.2, -0.15) is 0 Å². The quantitative estimate of drug-likeness (QED) is 0.783. The molecule has 0 amide bonds. The van der Waals surface area contributed by atoms with E-state index in [-0.39, 0.29) is 0 Å². The van der Waals surface area contributed by atoms with Crippen LogP contribution in [-0.2, 0) is 6.54 Å². The minimum atomic E-state index is 0.905. The molecule has 3 heteroatoms. The summed E-state index contributed by atoms with van der Waals surface area (Å²) in [5.41, 5.74) is 0. The SMILES string of the molecule is C[C@H]1CCCN(CCCNCc2cccs2)C1. The number of piperidine rings is 1. The molecule has 1 aliphatic heterocycles. The number of hydrogen-bond acceptors (Lipinski definition) is 3. The zero-order chi connectivity index (χ0) is 11.9. The molecule has 0 radical (unpaired) electrons. The molecule has 0 bridgehead atoms. The molecular formula is C14H24N2S. The maximum Gasteiger partial charge on any atom is 0.0299 e. The van der Waals surface area contributed by atoms with Crippen molar-refractivity contribution in [3.05, 3.63) is 22.4 Å². The molecule has 2 rings (SSSR count). The Morgan fingerprint density at radius 3 is 3.24 bits per heavy atom. The van der Waals surface area contributed by atoms with Crippen LogP contribution in [0.25, 0.3) is 0 Å². The molecule has 0 unspecified atom stereocenters. The van der Waals surface area contributed by atoms with Crippen molar-refractivity contribution in [3.8, 4) is 0 Å². The molecule has 17 heavy (non-hydrogen) atoms. The molecule has 1 fully saturated rings. The first-order chi connectivity index (χ1) is 8.34. The fraction of sp³-hybridized carbons (Fsp3) is 0.714. The summed E-state index contributed by atoms with van der Waals surface area (Å²) in [7, 11) is 0. The van der Waals surface area contributed by atoms with Crippen molar-refractivity contribution < 1.29 is 0 Å². The number of thiophene rings is 1. The molecule has 1 aliphatic rings. The van der Waals surface area contributed by atoms with Crippen LogP contribution in [0.1, 0.15) is 31.1 Å². The number of hydrogen-bond donors (Lipinski definition) is 1. The van der Waals surface area contributed by atoms with E-state index in [9.17, 15) is 0 Å². The first-order valence-corrected chi connectivity index (χ1v) is 7.68. The molecule has 1 N–H and O–H groups in total. The van der Waals surface area contributed by atoms with Crippen molar-refractivity contribution in [2.24, 2.45) is 5.92 Å². The van der Waals surface area contributed by atoms with Crippen molar-refractivity contribution >= 4 is 11.3 Å². The van der Waals surface area contributed by atoms with E-state index in [2.05, 4.69) is 34.7 Å². The lowest BCUT2D eigenvalue weighted by Crippen LogP contribution is -2.36. The fourth-order valence-electron chi connectivity index (χ4n) is 2.54. The number of nitrogens with one attached hydrogen (secondary N) is 1. The normalized spacial score (nSPS) is 21.8. The van der Waals surface area contributed by atoms with Gasteiger partial charge in [-0.1, -0.05) is 13.0 Å². The highest BCUT2D eigenvalue weighted by atomic mass is 32.1. The van der Waals surface area contributed by atoms with Gasteiger partial charge in [0.25, 0.3) is 0 Å². The summed E-state index contributed by atoms with van der Waals surface area (Å²) in [6.45, 7) is 8.44. The van der Waals surface area contributed by atoms with Gasteiger partial charge in [0.2, 0.25) is 0 Å². The highest BCUT2D eigenvalue weighted by Gasteiger charge is 2.14. The molecule has 1 atom stereocenters. The zero-order valence-electron chi connectivity index (χ0n) is 10.8. The Balaban J connectivity index is 1.51. The highest BCUT2D eigenvalue weighted by Crippen LogP contribution is 2.15. The Kier molecular flexibility index (Phi) is 5.49. The Hall–Kier alpha value is -0.380. The molecule has 2 nitrogen and oxygen atoms in total. The molecular weight excluding hydrogens is 228 g/mol. The van der Waals surface area contributed by atoms with E-state index in [0.717, 1.165) is 19.0 Å². The van der Waals surface area contributed by atoms with Gasteiger partial charge in [-0.3, -0.25) is 0 Å². The lowest BCUT2D eigenvalue weighted by atomic mass is 10.0. The monoisotopic (exact) mass is 252 g/mol. The minimum absolute atomic E-state index is 0.905. The molecule has 1 aromatic rings. The van der Waals surface area contributed by atoms with Crippen LogP contribution in [0.4, 0.5) is 0 Å². The first-order valence-electron chi connectivity index (χ1n) is 6.80. The third-order valence-corrected chi connectivity index (χ3v) is 4.32. The van der Waals surface area contributed by atoms with E-state index in [1.165, 1.54) is 43.8 Å². The summed E-state index contributed by atoms with van der Waals surface area (Å²) >= 11 is 1.84. The van der Waals surface area contributed by atoms with Crippen LogP contribution in [-0.4, -0.2) is 31.1 Å². The van der Waals surface area contributed by atoms with Crippen LogP contribution in [0.15, 0.2) is 17.5 Å². The van der Waals surface area contributed by atoms with Crippen LogP contribution < -0.4 is 5.32 Å². The van der Waals surface area contributed by atoms with Crippen molar-refractivity contribution in [1.82, 2.24) is 10.2 Å². The number of likely N-dealkylation sites (tertiary alicyclic amines) is 1. The molecule has 2 heterocycles. The minimum Gasteiger partial charge on any atom is -0.312 e. The van der Waals surface area contributed by atoms with Crippen LogP contribution in [0, 0.1) is 5.92 Å². The maximum absolute atomic E-state index is 3.52. The van der Waals surface area contributed by atoms with Gasteiger partial charge in [0.15, 0.2) is 0 Å². The molecule has 1 saturated heterocycles. The van der Waals surface area contributed by atoms with Crippen molar-refractivity contribution in [1.29, 1.82) is 0 Å². The van der Waals surface area contributed by atoms with Gasteiger partial charge in [-0.25, -0.2) is 0 Å². The molecule has 0 aromatic carbocycles. The second-order valence-electron chi connectivity index (χ2n) is 5.16. The third kappa shape index (κ3) is 4.78. The summed E-state index contributed by atoms with van der Waals surface area (Å²) in [6, 6.07) is 4.32. The topological polar surface area (TPSA) is 15.3 Å². The van der Waals surface area contributed by atoms with Crippen molar-refractivity contribution in [2.75, 3.05) is 26.2 Å². The maximum atomic E-state index is 3.52. The second kappa shape index (κ2) is 7.14. The zero-order valence-corrected chi connectivity index (χ0v) is 11.6. The van der Waals surface area contributed by atoms with E-state index < -0.39 is 0 Å². The summed E-state index contributed by atoms with van der Waals surface area (Å²) in [5.74, 6) is 0.905. The van der Waals surface area contributed by atoms with Crippen LogP contribution >= 0.6 is 11.3 Å². The van der Waals surface area contributed by atoms with Gasteiger partial charge in [0.1, 0.15) is 0 Å². The van der Waals surface area contributed by atoms with Crippen LogP contribution in [0.2, 0.25) is 0 Å². The lowest BCUT2D eigenvalue weighted by Gasteiger charge is -2.30. The van der Waals surface area contributed by atoms with E-state index >= 15 is 0 Å². The van der Waals surface area contributed by atoms with Gasteiger partial charge in [0.05, 0.1) is 0 Å². The second-order valence-corrected chi connectivity index (χ2v) is 6.19. The Labute approximate surface area is 109 Å². The van der Waals surface area contributed by atoms with Crippen LogP contribution in [0.3, 0.4) is 0 Å². The third-order valence-electron chi connectivity index (χ3n) is 3.45. The predicted molar refractivity (Wildman–Crippen MR) is 75.5 cm³/mol. The number of nitrogens with zero attached hydrogens (tertiary/aromatic N) is 1. The van der Waals surface area contributed by atoms with E-state index in [0.29, 0.717) is 0 Å². The largest absolute Gasteiger partial charge is 0.312 e.